The Kier molecular flexibility index (Phi) is 5.93. The molecule has 0 saturated carbocycles. The average Bonchev–Trinajstić information content (AvgIpc) is 3.10. The molecule has 0 aliphatic carbocycles. The second-order valence-corrected chi connectivity index (χ2v) is 7.24. The lowest BCUT2D eigenvalue weighted by atomic mass is 10.2. The molecule has 3 amide bonds. The lowest BCUT2D eigenvalue weighted by Crippen LogP contribution is -2.38. The summed E-state index contributed by atoms with van der Waals surface area (Å²) in [5.74, 6) is -0.382. The topological polar surface area (TPSA) is 76.0 Å². The Morgan fingerprint density at radius 1 is 1.07 bits per heavy atom. The number of aromatic nitrogens is 2. The predicted molar refractivity (Wildman–Crippen MR) is 107 cm³/mol. The number of benzene rings is 2. The van der Waals surface area contributed by atoms with E-state index < -0.39 is 11.3 Å². The zero-order valence-electron chi connectivity index (χ0n) is 15.0. The zero-order valence-corrected chi connectivity index (χ0v) is 15.9. The van der Waals surface area contributed by atoms with Crippen molar-refractivity contribution in [1.29, 1.82) is 0 Å². The monoisotopic (exact) mass is 380 g/mol. The minimum atomic E-state index is -0.555. The van der Waals surface area contributed by atoms with E-state index >= 15 is 0 Å². The van der Waals surface area contributed by atoms with Crippen LogP contribution in [0, 0.1) is 6.92 Å². The molecule has 1 aromatic heterocycles. The highest BCUT2D eigenvalue weighted by atomic mass is 32.2. The number of thioether (sulfide) groups is 1. The minimum absolute atomic E-state index is 0.382. The Bertz CT molecular complexity index is 940. The Hall–Kier alpha value is -3.06. The number of imide groups is 1. The van der Waals surface area contributed by atoms with Gasteiger partial charge in [0.1, 0.15) is 0 Å². The lowest BCUT2D eigenvalue weighted by Gasteiger charge is -2.14. The van der Waals surface area contributed by atoms with Gasteiger partial charge in [-0.3, -0.25) is 14.7 Å². The normalized spacial score (nSPS) is 11.6. The summed E-state index contributed by atoms with van der Waals surface area (Å²) in [5.41, 5.74) is 2.74. The number of amides is 3. The van der Waals surface area contributed by atoms with Gasteiger partial charge in [-0.1, -0.05) is 48.2 Å². The van der Waals surface area contributed by atoms with Crippen molar-refractivity contribution < 1.29 is 9.59 Å². The average molecular weight is 380 g/mol. The SMILES string of the molecule is Cc1ccccc1-n1ccnc1SC(C)C(=O)NC(=O)Nc1ccccc1. The molecule has 0 radical (unpaired) electrons. The third-order valence-corrected chi connectivity index (χ3v) is 4.98. The maximum atomic E-state index is 12.4. The van der Waals surface area contributed by atoms with Crippen LogP contribution in [0.2, 0.25) is 0 Å². The van der Waals surface area contributed by atoms with Crippen molar-refractivity contribution in [2.45, 2.75) is 24.3 Å². The Labute approximate surface area is 162 Å². The van der Waals surface area contributed by atoms with Crippen molar-refractivity contribution in [2.24, 2.45) is 0 Å². The fourth-order valence-corrected chi connectivity index (χ4v) is 3.38. The maximum absolute atomic E-state index is 12.4. The van der Waals surface area contributed by atoms with Gasteiger partial charge < -0.3 is 5.32 Å². The second kappa shape index (κ2) is 8.55. The number of para-hydroxylation sites is 2. The molecule has 0 spiro atoms. The summed E-state index contributed by atoms with van der Waals surface area (Å²) < 4.78 is 1.94. The fourth-order valence-electron chi connectivity index (χ4n) is 2.50. The van der Waals surface area contributed by atoms with Gasteiger partial charge >= 0.3 is 6.03 Å². The highest BCUT2D eigenvalue weighted by Crippen LogP contribution is 2.26. The number of nitrogens with one attached hydrogen (secondary N) is 2. The highest BCUT2D eigenvalue weighted by Gasteiger charge is 2.20. The van der Waals surface area contributed by atoms with E-state index in [2.05, 4.69) is 15.6 Å². The van der Waals surface area contributed by atoms with Gasteiger partial charge in [-0.15, -0.1) is 0 Å². The lowest BCUT2D eigenvalue weighted by molar-refractivity contribution is -0.119. The first-order valence-corrected chi connectivity index (χ1v) is 9.35. The van der Waals surface area contributed by atoms with Crippen LogP contribution in [-0.4, -0.2) is 26.7 Å². The predicted octanol–water partition coefficient (Wildman–Crippen LogP) is 4.01. The van der Waals surface area contributed by atoms with Gasteiger partial charge in [-0.25, -0.2) is 9.78 Å². The molecule has 1 heterocycles. The summed E-state index contributed by atoms with van der Waals surface area (Å²) in [5, 5.41) is 5.20. The Morgan fingerprint density at radius 3 is 2.52 bits per heavy atom. The molecule has 3 aromatic rings. The van der Waals surface area contributed by atoms with Gasteiger partial charge in [-0.2, -0.15) is 0 Å². The molecule has 2 aromatic carbocycles. The summed E-state index contributed by atoms with van der Waals surface area (Å²) in [4.78, 5) is 28.7. The number of hydrogen-bond acceptors (Lipinski definition) is 4. The van der Waals surface area contributed by atoms with Crippen molar-refractivity contribution in [3.8, 4) is 5.69 Å². The molecule has 138 valence electrons. The van der Waals surface area contributed by atoms with Crippen LogP contribution >= 0.6 is 11.8 Å². The number of urea groups is 1. The van der Waals surface area contributed by atoms with E-state index in [1.807, 2.05) is 48.0 Å². The van der Waals surface area contributed by atoms with E-state index in [-0.39, 0.29) is 5.91 Å². The van der Waals surface area contributed by atoms with Crippen LogP contribution in [0.1, 0.15) is 12.5 Å². The smallest absolute Gasteiger partial charge is 0.308 e. The van der Waals surface area contributed by atoms with E-state index in [4.69, 9.17) is 0 Å². The third-order valence-electron chi connectivity index (χ3n) is 3.90. The van der Waals surface area contributed by atoms with E-state index in [9.17, 15) is 9.59 Å². The summed E-state index contributed by atoms with van der Waals surface area (Å²) >= 11 is 1.30. The number of aryl methyl sites for hydroxylation is 1. The van der Waals surface area contributed by atoms with E-state index in [0.717, 1.165) is 11.3 Å². The third kappa shape index (κ3) is 4.77. The molecule has 6 nitrogen and oxygen atoms in total. The molecule has 0 aliphatic heterocycles. The van der Waals surface area contributed by atoms with Crippen molar-refractivity contribution in [3.05, 3.63) is 72.6 Å². The molecule has 1 unspecified atom stereocenters. The summed E-state index contributed by atoms with van der Waals surface area (Å²) in [6, 6.07) is 16.4. The molecule has 27 heavy (non-hydrogen) atoms. The standard InChI is InChI=1S/C20H20N4O2S/c1-14-8-6-7-11-17(14)24-13-12-21-20(24)27-15(2)18(25)23-19(26)22-16-9-4-3-5-10-16/h3-13,15H,1-2H3,(H2,22,23,25,26). The number of nitrogens with zero attached hydrogens (tertiary/aromatic N) is 2. The minimum Gasteiger partial charge on any atom is -0.308 e. The molecular formula is C20H20N4O2S. The van der Waals surface area contributed by atoms with Crippen molar-refractivity contribution in [2.75, 3.05) is 5.32 Å². The molecule has 2 N–H and O–H groups in total. The van der Waals surface area contributed by atoms with Crippen LogP contribution in [0.3, 0.4) is 0 Å². The van der Waals surface area contributed by atoms with E-state index in [1.165, 1.54) is 11.8 Å². The maximum Gasteiger partial charge on any atom is 0.325 e. The highest BCUT2D eigenvalue weighted by molar-refractivity contribution is 8.00. The first-order chi connectivity index (χ1) is 13.0. The van der Waals surface area contributed by atoms with Crippen LogP contribution in [0.25, 0.3) is 5.69 Å². The van der Waals surface area contributed by atoms with Gasteiger partial charge in [-0.05, 0) is 37.6 Å². The first-order valence-electron chi connectivity index (χ1n) is 8.47. The fraction of sp³-hybridized carbons (Fsp3) is 0.150. The summed E-state index contributed by atoms with van der Waals surface area (Å²) in [6.45, 7) is 3.76. The van der Waals surface area contributed by atoms with Crippen molar-refractivity contribution >= 4 is 29.4 Å². The molecule has 7 heteroatoms. The molecule has 1 atom stereocenters. The van der Waals surface area contributed by atoms with E-state index in [0.29, 0.717) is 10.8 Å². The quantitative estimate of drug-likeness (QED) is 0.656. The van der Waals surface area contributed by atoms with E-state index in [1.54, 1.807) is 37.4 Å². The Balaban J connectivity index is 1.63. The number of rotatable bonds is 5. The van der Waals surface area contributed by atoms with Gasteiger partial charge in [0.15, 0.2) is 5.16 Å². The molecule has 0 bridgehead atoms. The Morgan fingerprint density at radius 2 is 1.78 bits per heavy atom. The zero-order chi connectivity index (χ0) is 19.2. The van der Waals surface area contributed by atoms with Crippen molar-refractivity contribution in [3.63, 3.8) is 0 Å². The second-order valence-electron chi connectivity index (χ2n) is 5.94. The molecule has 0 saturated heterocycles. The first kappa shape index (κ1) is 18.7. The van der Waals surface area contributed by atoms with Crippen LogP contribution in [-0.2, 0) is 4.79 Å². The molecule has 0 aliphatic rings. The van der Waals surface area contributed by atoms with Gasteiger partial charge in [0.25, 0.3) is 0 Å². The summed E-state index contributed by atoms with van der Waals surface area (Å²) in [7, 11) is 0. The van der Waals surface area contributed by atoms with Crippen molar-refractivity contribution in [1.82, 2.24) is 14.9 Å². The van der Waals surface area contributed by atoms with Crippen LogP contribution < -0.4 is 10.6 Å². The summed E-state index contributed by atoms with van der Waals surface area (Å²) in [6.07, 6.45) is 3.55. The van der Waals surface area contributed by atoms with Gasteiger partial charge in [0, 0.05) is 18.1 Å². The van der Waals surface area contributed by atoms with Gasteiger partial charge in [0.05, 0.1) is 10.9 Å². The van der Waals surface area contributed by atoms with Crippen LogP contribution in [0.4, 0.5) is 10.5 Å². The van der Waals surface area contributed by atoms with Crippen LogP contribution in [0.5, 0.6) is 0 Å². The van der Waals surface area contributed by atoms with Crippen LogP contribution in [0.15, 0.2) is 72.1 Å². The largest absolute Gasteiger partial charge is 0.325 e. The number of carbonyl (C=O) groups is 2. The number of hydrogen-bond donors (Lipinski definition) is 2. The molecule has 0 fully saturated rings. The number of carbonyl (C=O) groups excluding carboxylic acids is 2. The molecular weight excluding hydrogens is 360 g/mol. The number of anilines is 1. The van der Waals surface area contributed by atoms with Gasteiger partial charge in [0.2, 0.25) is 5.91 Å². The number of imidazole rings is 1. The molecule has 3 rings (SSSR count).